The number of hydrogen-bond donors (Lipinski definition) is 1. The summed E-state index contributed by atoms with van der Waals surface area (Å²) in [6, 6.07) is 8.89. The fourth-order valence-electron chi connectivity index (χ4n) is 3.51. The van der Waals surface area contributed by atoms with Crippen LogP contribution in [0.3, 0.4) is 0 Å². The van der Waals surface area contributed by atoms with Crippen molar-refractivity contribution >= 4 is 17.5 Å². The molecule has 0 amide bonds. The molecule has 1 saturated carbocycles. The predicted octanol–water partition coefficient (Wildman–Crippen LogP) is 6.58. The third kappa shape index (κ3) is 5.32. The van der Waals surface area contributed by atoms with E-state index in [0.29, 0.717) is 11.5 Å². The number of benzene rings is 2. The number of alkyl halides is 3. The van der Waals surface area contributed by atoms with Crippen molar-refractivity contribution in [2.24, 2.45) is 0 Å². The number of halogens is 5. The Morgan fingerprint density at radius 3 is 2.30 bits per heavy atom. The van der Waals surface area contributed by atoms with E-state index in [1.165, 1.54) is 0 Å². The lowest BCUT2D eigenvalue weighted by atomic mass is 10.0. The fourth-order valence-corrected chi connectivity index (χ4v) is 4.28. The maximum Gasteiger partial charge on any atom is 0.427 e. The van der Waals surface area contributed by atoms with Gasteiger partial charge in [0.15, 0.2) is 17.4 Å². The topological polar surface area (TPSA) is 59.4 Å². The fraction of sp³-hybridized carbons (Fsp3) is 0.304. The lowest BCUT2D eigenvalue weighted by molar-refractivity contribution is -0.137. The lowest BCUT2D eigenvalue weighted by Crippen LogP contribution is -2.09. The molecule has 0 radical (unpaired) electrons. The predicted molar refractivity (Wildman–Crippen MR) is 111 cm³/mol. The summed E-state index contributed by atoms with van der Waals surface area (Å²) in [5, 5.41) is 8.71. The molecule has 0 aliphatic heterocycles. The van der Waals surface area contributed by atoms with Gasteiger partial charge in [-0.15, -0.1) is 0 Å². The molecule has 2 aromatic carbocycles. The van der Waals surface area contributed by atoms with Gasteiger partial charge in [0.05, 0.1) is 5.69 Å². The molecule has 1 heterocycles. The number of aryl methyl sites for hydroxylation is 1. The van der Waals surface area contributed by atoms with Gasteiger partial charge in [-0.2, -0.15) is 17.5 Å². The zero-order chi connectivity index (χ0) is 23.8. The Hall–Kier alpha value is -3.01. The second-order valence-corrected chi connectivity index (χ2v) is 8.58. The number of aromatic nitrogens is 1. The van der Waals surface area contributed by atoms with Crippen LogP contribution in [0.25, 0.3) is 11.3 Å². The average molecular weight is 483 g/mol. The molecule has 0 spiro atoms. The van der Waals surface area contributed by atoms with E-state index in [4.69, 9.17) is 9.84 Å². The molecule has 4 rings (SSSR count). The summed E-state index contributed by atoms with van der Waals surface area (Å²) in [6.45, 7) is -0.743. The van der Waals surface area contributed by atoms with Crippen LogP contribution >= 0.6 is 11.5 Å². The maximum atomic E-state index is 14.4. The van der Waals surface area contributed by atoms with E-state index >= 15 is 0 Å². The van der Waals surface area contributed by atoms with E-state index in [2.05, 4.69) is 4.37 Å². The highest BCUT2D eigenvalue weighted by molar-refractivity contribution is 7.06. The highest BCUT2D eigenvalue weighted by atomic mass is 32.1. The molecule has 0 saturated heterocycles. The second kappa shape index (κ2) is 9.09. The van der Waals surface area contributed by atoms with Crippen LogP contribution in [0.2, 0.25) is 0 Å². The Morgan fingerprint density at radius 2 is 1.76 bits per heavy atom. The monoisotopic (exact) mass is 483 g/mol. The molecule has 0 atom stereocenters. The minimum absolute atomic E-state index is 0.0496. The maximum absolute atomic E-state index is 14.4. The third-order valence-corrected chi connectivity index (χ3v) is 6.26. The van der Waals surface area contributed by atoms with Gasteiger partial charge >= 0.3 is 12.1 Å². The van der Waals surface area contributed by atoms with Crippen LogP contribution in [0.4, 0.5) is 22.0 Å². The number of ether oxygens (including phenoxy) is 1. The second-order valence-electron chi connectivity index (χ2n) is 7.80. The lowest BCUT2D eigenvalue weighted by Gasteiger charge is -2.13. The zero-order valence-corrected chi connectivity index (χ0v) is 17.9. The van der Waals surface area contributed by atoms with Crippen LogP contribution in [-0.2, 0) is 24.0 Å². The number of carboxylic acid groups (broad SMARTS) is 1. The summed E-state index contributed by atoms with van der Waals surface area (Å²) in [6.07, 6.45) is -2.96. The summed E-state index contributed by atoms with van der Waals surface area (Å²) >= 11 is 0.258. The summed E-state index contributed by atoms with van der Waals surface area (Å²) < 4.78 is 78.6. The number of rotatable bonds is 8. The molecule has 1 aliphatic rings. The third-order valence-electron chi connectivity index (χ3n) is 5.32. The first-order valence-electron chi connectivity index (χ1n) is 10.1. The minimum Gasteiger partial charge on any atom is -0.483 e. The number of aliphatic carboxylic acids is 1. The molecule has 0 unspecified atom stereocenters. The normalized spacial score (nSPS) is 13.8. The van der Waals surface area contributed by atoms with Crippen molar-refractivity contribution in [3.63, 3.8) is 0 Å². The number of carboxylic acids is 1. The molecular formula is C23H18F5NO3S. The Labute approximate surface area is 189 Å². The molecule has 174 valence electrons. The molecule has 33 heavy (non-hydrogen) atoms. The first-order chi connectivity index (χ1) is 15.6. The Bertz CT molecular complexity index is 1150. The molecule has 1 N–H and O–H groups in total. The minimum atomic E-state index is -4.71. The van der Waals surface area contributed by atoms with Crippen LogP contribution < -0.4 is 4.74 Å². The standard InChI is InChI=1S/C23H18F5NO3S/c24-17-9-12(1-8-19(30)31)10-18(25)21(17)32-11-16-20(29-33-22(16)23(26,27)28)15-6-4-14(5-7-15)13-2-3-13/h4-7,9-10,13H,1-3,8,11H2,(H,30,31). The van der Waals surface area contributed by atoms with Crippen LogP contribution in [0.1, 0.15) is 46.7 Å². The number of carbonyl (C=O) groups is 1. The highest BCUT2D eigenvalue weighted by Gasteiger charge is 2.38. The molecule has 1 aromatic heterocycles. The number of hydrogen-bond acceptors (Lipinski definition) is 4. The van der Waals surface area contributed by atoms with E-state index in [9.17, 15) is 26.7 Å². The largest absolute Gasteiger partial charge is 0.483 e. The van der Waals surface area contributed by atoms with Crippen LogP contribution in [-0.4, -0.2) is 15.4 Å². The average Bonchev–Trinajstić information content (AvgIpc) is 3.50. The van der Waals surface area contributed by atoms with Gasteiger partial charge in [0.25, 0.3) is 0 Å². The molecule has 1 fully saturated rings. The Kier molecular flexibility index (Phi) is 6.38. The van der Waals surface area contributed by atoms with Gasteiger partial charge in [-0.05, 0) is 60.0 Å². The van der Waals surface area contributed by atoms with Gasteiger partial charge in [-0.25, -0.2) is 8.78 Å². The first kappa shape index (κ1) is 23.2. The summed E-state index contributed by atoms with van der Waals surface area (Å²) in [4.78, 5) is 9.65. The van der Waals surface area contributed by atoms with Gasteiger partial charge in [-0.1, -0.05) is 24.3 Å². The summed E-state index contributed by atoms with van der Waals surface area (Å²) in [7, 11) is 0. The Balaban J connectivity index is 1.61. The molecule has 3 aromatic rings. The smallest absolute Gasteiger partial charge is 0.427 e. The van der Waals surface area contributed by atoms with Crippen molar-refractivity contribution in [1.29, 1.82) is 0 Å². The highest BCUT2D eigenvalue weighted by Crippen LogP contribution is 2.43. The molecule has 10 heteroatoms. The van der Waals surface area contributed by atoms with Gasteiger partial charge in [0, 0.05) is 17.5 Å². The van der Waals surface area contributed by atoms with Crippen molar-refractivity contribution in [1.82, 2.24) is 4.37 Å². The van der Waals surface area contributed by atoms with E-state index < -0.39 is 41.0 Å². The molecule has 0 bridgehead atoms. The van der Waals surface area contributed by atoms with E-state index in [1.54, 1.807) is 12.1 Å². The van der Waals surface area contributed by atoms with Gasteiger partial charge in [-0.3, -0.25) is 4.79 Å². The van der Waals surface area contributed by atoms with Crippen molar-refractivity contribution in [2.75, 3.05) is 0 Å². The SMILES string of the molecule is O=C(O)CCc1cc(F)c(OCc2c(-c3ccc(C4CC4)cc3)nsc2C(F)(F)F)c(F)c1. The molecule has 1 aliphatic carbocycles. The van der Waals surface area contributed by atoms with Crippen molar-refractivity contribution in [2.45, 2.75) is 44.4 Å². The summed E-state index contributed by atoms with van der Waals surface area (Å²) in [5.41, 5.74) is 1.41. The van der Waals surface area contributed by atoms with Gasteiger partial charge in [0.2, 0.25) is 0 Å². The Morgan fingerprint density at radius 1 is 1.12 bits per heavy atom. The van der Waals surface area contributed by atoms with Crippen molar-refractivity contribution in [3.8, 4) is 17.0 Å². The molecule has 4 nitrogen and oxygen atoms in total. The van der Waals surface area contributed by atoms with E-state index in [-0.39, 0.29) is 41.2 Å². The van der Waals surface area contributed by atoms with Crippen molar-refractivity contribution in [3.05, 3.63) is 69.6 Å². The summed E-state index contributed by atoms with van der Waals surface area (Å²) in [5.74, 6) is -3.72. The quantitative estimate of drug-likeness (QED) is 0.368. The van der Waals surface area contributed by atoms with Crippen LogP contribution in [0, 0.1) is 11.6 Å². The number of nitrogens with zero attached hydrogens (tertiary/aromatic N) is 1. The van der Waals surface area contributed by atoms with Crippen molar-refractivity contribution < 1.29 is 36.6 Å². The van der Waals surface area contributed by atoms with Crippen LogP contribution in [0.15, 0.2) is 36.4 Å². The molecular weight excluding hydrogens is 465 g/mol. The van der Waals surface area contributed by atoms with E-state index in [1.807, 2.05) is 12.1 Å². The van der Waals surface area contributed by atoms with E-state index in [0.717, 1.165) is 30.5 Å². The first-order valence-corrected chi connectivity index (χ1v) is 10.9. The van der Waals surface area contributed by atoms with Gasteiger partial charge in [0.1, 0.15) is 11.5 Å². The zero-order valence-electron chi connectivity index (χ0n) is 17.1. The van der Waals surface area contributed by atoms with Gasteiger partial charge < -0.3 is 9.84 Å². The van der Waals surface area contributed by atoms with Crippen LogP contribution in [0.5, 0.6) is 5.75 Å².